The number of nitrogens with one attached hydrogen (secondary N) is 2. The number of carbonyl (C=O) groups is 4. The first-order chi connectivity index (χ1) is 13.9. The molecule has 4 amide bonds. The molecular weight excluding hydrogens is 372 g/mol. The van der Waals surface area contributed by atoms with E-state index in [-0.39, 0.29) is 30.0 Å². The number of fused-ring (bicyclic) bond motifs is 1. The Kier molecular flexibility index (Phi) is 5.69. The molecule has 0 spiro atoms. The minimum absolute atomic E-state index is 0.207. The van der Waals surface area contributed by atoms with Gasteiger partial charge in [0, 0.05) is 12.2 Å². The molecule has 0 saturated carbocycles. The van der Waals surface area contributed by atoms with Gasteiger partial charge < -0.3 is 10.6 Å². The summed E-state index contributed by atoms with van der Waals surface area (Å²) in [6, 6.07) is 14.0. The molecule has 2 aromatic carbocycles. The van der Waals surface area contributed by atoms with E-state index in [1.165, 1.54) is 6.92 Å². The Labute approximate surface area is 167 Å². The van der Waals surface area contributed by atoms with Gasteiger partial charge in [-0.3, -0.25) is 24.1 Å². The molecule has 1 aliphatic heterocycles. The molecule has 1 heterocycles. The lowest BCUT2D eigenvalue weighted by atomic mass is 10.1. The van der Waals surface area contributed by atoms with Gasteiger partial charge in [0.25, 0.3) is 11.8 Å². The first kappa shape index (κ1) is 19.8. The van der Waals surface area contributed by atoms with Crippen molar-refractivity contribution in [3.05, 3.63) is 65.2 Å². The maximum absolute atomic E-state index is 12.6. The molecule has 0 radical (unpaired) electrons. The minimum atomic E-state index is -0.999. The number of amides is 4. The molecule has 0 bridgehead atoms. The predicted octanol–water partition coefficient (Wildman–Crippen LogP) is 1.84. The van der Waals surface area contributed by atoms with Gasteiger partial charge in [0.2, 0.25) is 11.8 Å². The van der Waals surface area contributed by atoms with Crippen LogP contribution in [0.1, 0.15) is 39.6 Å². The van der Waals surface area contributed by atoms with Crippen LogP contribution in [0.2, 0.25) is 0 Å². The standard InChI is InChI=1S/C21H18N4O4/c1-13(25-20(28)16-7-2-3-8-17(16)21(25)29)19(27)24-15-6-4-5-14(11-15)12-23-18(26)9-10-22/h2-8,11,13H,9,12H2,1H3,(H,23,26)(H,24,27). The molecule has 2 N–H and O–H groups in total. The highest BCUT2D eigenvalue weighted by Gasteiger charge is 2.40. The quantitative estimate of drug-likeness (QED) is 0.730. The first-order valence-corrected chi connectivity index (χ1v) is 8.92. The number of nitriles is 1. The third-order valence-electron chi connectivity index (χ3n) is 4.52. The molecular formula is C21H18N4O4. The Balaban J connectivity index is 1.67. The van der Waals surface area contributed by atoms with Gasteiger partial charge in [0.15, 0.2) is 0 Å². The van der Waals surface area contributed by atoms with Crippen molar-refractivity contribution in [3.8, 4) is 6.07 Å². The van der Waals surface area contributed by atoms with Crippen LogP contribution in [0.5, 0.6) is 0 Å². The van der Waals surface area contributed by atoms with Crippen LogP contribution in [0.4, 0.5) is 5.69 Å². The van der Waals surface area contributed by atoms with Crippen molar-refractivity contribution in [2.24, 2.45) is 0 Å². The van der Waals surface area contributed by atoms with Crippen molar-refractivity contribution in [2.45, 2.75) is 25.9 Å². The van der Waals surface area contributed by atoms with Crippen molar-refractivity contribution >= 4 is 29.3 Å². The third kappa shape index (κ3) is 4.14. The molecule has 2 aromatic rings. The summed E-state index contributed by atoms with van der Waals surface area (Å²) in [5, 5.41) is 13.8. The average Bonchev–Trinajstić information content (AvgIpc) is 2.97. The molecule has 29 heavy (non-hydrogen) atoms. The number of hydrogen-bond donors (Lipinski definition) is 2. The summed E-state index contributed by atoms with van der Waals surface area (Å²) < 4.78 is 0. The summed E-state index contributed by atoms with van der Waals surface area (Å²) >= 11 is 0. The highest BCUT2D eigenvalue weighted by Crippen LogP contribution is 2.25. The summed E-state index contributed by atoms with van der Waals surface area (Å²) in [4.78, 5) is 50.0. The van der Waals surface area contributed by atoms with E-state index in [0.717, 1.165) is 10.5 Å². The van der Waals surface area contributed by atoms with E-state index >= 15 is 0 Å². The van der Waals surface area contributed by atoms with Crippen LogP contribution in [0.15, 0.2) is 48.5 Å². The van der Waals surface area contributed by atoms with Gasteiger partial charge >= 0.3 is 0 Å². The Morgan fingerprint density at radius 2 is 1.72 bits per heavy atom. The molecule has 1 unspecified atom stereocenters. The zero-order chi connectivity index (χ0) is 21.0. The summed E-state index contributed by atoms with van der Waals surface area (Å²) in [5.41, 5.74) is 1.76. The Morgan fingerprint density at radius 3 is 2.34 bits per heavy atom. The third-order valence-corrected chi connectivity index (χ3v) is 4.52. The number of benzene rings is 2. The molecule has 8 heteroatoms. The van der Waals surface area contributed by atoms with Gasteiger partial charge in [0.1, 0.15) is 12.5 Å². The molecule has 1 aliphatic rings. The van der Waals surface area contributed by atoms with Crippen LogP contribution in [0.3, 0.4) is 0 Å². The number of nitrogens with zero attached hydrogens (tertiary/aromatic N) is 2. The van der Waals surface area contributed by atoms with Crippen LogP contribution >= 0.6 is 0 Å². The highest BCUT2D eigenvalue weighted by atomic mass is 16.2. The van der Waals surface area contributed by atoms with Crippen LogP contribution in [0.25, 0.3) is 0 Å². The maximum Gasteiger partial charge on any atom is 0.262 e. The van der Waals surface area contributed by atoms with Gasteiger partial charge in [-0.1, -0.05) is 24.3 Å². The van der Waals surface area contributed by atoms with Crippen molar-refractivity contribution < 1.29 is 19.2 Å². The zero-order valence-corrected chi connectivity index (χ0v) is 15.6. The molecule has 146 valence electrons. The highest BCUT2D eigenvalue weighted by molar-refractivity contribution is 6.23. The van der Waals surface area contributed by atoms with E-state index in [9.17, 15) is 19.2 Å². The van der Waals surface area contributed by atoms with Crippen molar-refractivity contribution in [3.63, 3.8) is 0 Å². The van der Waals surface area contributed by atoms with E-state index in [1.54, 1.807) is 54.6 Å². The number of anilines is 1. The van der Waals surface area contributed by atoms with Crippen molar-refractivity contribution in [1.82, 2.24) is 10.2 Å². The van der Waals surface area contributed by atoms with Gasteiger partial charge in [-0.05, 0) is 36.8 Å². The molecule has 0 aromatic heterocycles. The molecule has 0 fully saturated rings. The fourth-order valence-corrected chi connectivity index (χ4v) is 3.02. The van der Waals surface area contributed by atoms with E-state index < -0.39 is 23.8 Å². The summed E-state index contributed by atoms with van der Waals surface area (Å²) in [6.45, 7) is 1.70. The molecule has 8 nitrogen and oxygen atoms in total. The fraction of sp³-hybridized carbons (Fsp3) is 0.190. The first-order valence-electron chi connectivity index (χ1n) is 8.92. The number of rotatable bonds is 6. The second kappa shape index (κ2) is 8.35. The van der Waals surface area contributed by atoms with Crippen LogP contribution < -0.4 is 10.6 Å². The van der Waals surface area contributed by atoms with Crippen LogP contribution in [0, 0.1) is 11.3 Å². The van der Waals surface area contributed by atoms with E-state index in [0.29, 0.717) is 5.69 Å². The molecule has 3 rings (SSSR count). The normalized spacial score (nSPS) is 13.4. The Hall–Kier alpha value is -3.99. The van der Waals surface area contributed by atoms with Gasteiger partial charge in [-0.25, -0.2) is 0 Å². The van der Waals surface area contributed by atoms with Gasteiger partial charge in [-0.15, -0.1) is 0 Å². The Morgan fingerprint density at radius 1 is 1.07 bits per heavy atom. The maximum atomic E-state index is 12.6. The molecule has 0 aliphatic carbocycles. The lowest BCUT2D eigenvalue weighted by Crippen LogP contribution is -2.45. The smallest absolute Gasteiger partial charge is 0.262 e. The largest absolute Gasteiger partial charge is 0.351 e. The lowest BCUT2D eigenvalue weighted by molar-refractivity contribution is -0.120. The topological polar surface area (TPSA) is 119 Å². The number of carbonyl (C=O) groups excluding carboxylic acids is 4. The molecule has 0 saturated heterocycles. The van der Waals surface area contributed by atoms with Gasteiger partial charge in [0.05, 0.1) is 17.2 Å². The second-order valence-electron chi connectivity index (χ2n) is 6.50. The monoisotopic (exact) mass is 390 g/mol. The minimum Gasteiger partial charge on any atom is -0.351 e. The zero-order valence-electron chi connectivity index (χ0n) is 15.6. The van der Waals surface area contributed by atoms with Gasteiger partial charge in [-0.2, -0.15) is 5.26 Å². The Bertz CT molecular complexity index is 1010. The van der Waals surface area contributed by atoms with Crippen molar-refractivity contribution in [1.29, 1.82) is 5.26 Å². The summed E-state index contributed by atoms with van der Waals surface area (Å²) in [7, 11) is 0. The van der Waals surface area contributed by atoms with Crippen LogP contribution in [-0.4, -0.2) is 34.6 Å². The van der Waals surface area contributed by atoms with Crippen molar-refractivity contribution in [2.75, 3.05) is 5.32 Å². The van der Waals surface area contributed by atoms with E-state index in [1.807, 2.05) is 0 Å². The van der Waals surface area contributed by atoms with E-state index in [2.05, 4.69) is 10.6 Å². The van der Waals surface area contributed by atoms with Crippen LogP contribution in [-0.2, 0) is 16.1 Å². The summed E-state index contributed by atoms with van der Waals surface area (Å²) in [5.74, 6) is -1.89. The average molecular weight is 390 g/mol. The predicted molar refractivity (Wildman–Crippen MR) is 104 cm³/mol. The SMILES string of the molecule is CC(C(=O)Nc1cccc(CNC(=O)CC#N)c1)N1C(=O)c2ccccc2C1=O. The number of hydrogen-bond acceptors (Lipinski definition) is 5. The van der Waals surface area contributed by atoms with E-state index in [4.69, 9.17) is 5.26 Å². The fourth-order valence-electron chi connectivity index (χ4n) is 3.02. The molecule has 1 atom stereocenters. The second-order valence-corrected chi connectivity index (χ2v) is 6.50. The summed E-state index contributed by atoms with van der Waals surface area (Å²) in [6.07, 6.45) is -0.228. The lowest BCUT2D eigenvalue weighted by Gasteiger charge is -2.21. The number of imide groups is 1.